The van der Waals surface area contributed by atoms with E-state index in [9.17, 15) is 14.7 Å². The summed E-state index contributed by atoms with van der Waals surface area (Å²) in [5.41, 5.74) is -0.0946. The fourth-order valence-electron chi connectivity index (χ4n) is 8.45. The third-order valence-corrected chi connectivity index (χ3v) is 9.84. The maximum Gasteiger partial charge on any atom is 0.412 e. The molecular formula is C28H38FN3O4. The second kappa shape index (κ2) is 8.89. The molecule has 3 unspecified atom stereocenters. The molecule has 6 fully saturated rings. The van der Waals surface area contributed by atoms with Crippen molar-refractivity contribution in [3.63, 3.8) is 0 Å². The van der Waals surface area contributed by atoms with Gasteiger partial charge in [-0.05, 0) is 87.7 Å². The molecule has 0 radical (unpaired) electrons. The highest BCUT2D eigenvalue weighted by atomic mass is 19.1. The van der Waals surface area contributed by atoms with Gasteiger partial charge in [-0.3, -0.25) is 4.79 Å². The van der Waals surface area contributed by atoms with E-state index < -0.39 is 17.3 Å². The van der Waals surface area contributed by atoms with E-state index in [1.165, 1.54) is 6.07 Å². The van der Waals surface area contributed by atoms with Crippen LogP contribution in [0.1, 0.15) is 64.7 Å². The summed E-state index contributed by atoms with van der Waals surface area (Å²) in [6.07, 6.45) is 7.69. The zero-order valence-electron chi connectivity index (χ0n) is 21.2. The van der Waals surface area contributed by atoms with E-state index >= 15 is 4.39 Å². The third-order valence-electron chi connectivity index (χ3n) is 9.84. The van der Waals surface area contributed by atoms with Gasteiger partial charge in [-0.25, -0.2) is 9.18 Å². The molecule has 3 atom stereocenters. The molecule has 1 aromatic rings. The van der Waals surface area contributed by atoms with E-state index in [0.29, 0.717) is 43.1 Å². The SMILES string of the molecule is CCCNC(=O)Oc1ccc(N2CCCC3(CCN(C45CC6CC(C4)C(O)C(C6)C5)C3=O)C2)c(F)c1. The van der Waals surface area contributed by atoms with E-state index in [0.717, 1.165) is 64.3 Å². The Kier molecular flexibility index (Phi) is 5.93. The van der Waals surface area contributed by atoms with Crippen molar-refractivity contribution in [2.75, 3.05) is 31.1 Å². The van der Waals surface area contributed by atoms with Crippen LogP contribution in [-0.4, -0.2) is 59.8 Å². The number of halogens is 1. The smallest absolute Gasteiger partial charge is 0.410 e. The monoisotopic (exact) mass is 499 g/mol. The fourth-order valence-corrected chi connectivity index (χ4v) is 8.45. The average molecular weight is 500 g/mol. The number of piperidine rings is 1. The first-order chi connectivity index (χ1) is 17.3. The molecular weight excluding hydrogens is 461 g/mol. The number of carbonyl (C=O) groups excluding carboxylic acids is 2. The van der Waals surface area contributed by atoms with Crippen molar-refractivity contribution < 1.29 is 23.8 Å². The Labute approximate surface area is 212 Å². The molecule has 2 N–H and O–H groups in total. The van der Waals surface area contributed by atoms with E-state index in [1.54, 1.807) is 12.1 Å². The van der Waals surface area contributed by atoms with Gasteiger partial charge in [-0.1, -0.05) is 6.92 Å². The largest absolute Gasteiger partial charge is 0.412 e. The molecule has 2 aliphatic heterocycles. The number of nitrogens with zero attached hydrogens (tertiary/aromatic N) is 2. The van der Waals surface area contributed by atoms with E-state index in [2.05, 4.69) is 10.2 Å². The molecule has 2 heterocycles. The van der Waals surface area contributed by atoms with Gasteiger partial charge >= 0.3 is 6.09 Å². The van der Waals surface area contributed by atoms with Crippen LogP contribution in [0.2, 0.25) is 0 Å². The maximum atomic E-state index is 15.2. The summed E-state index contributed by atoms with van der Waals surface area (Å²) >= 11 is 0. The minimum absolute atomic E-state index is 0.0822. The minimum Gasteiger partial charge on any atom is -0.410 e. The van der Waals surface area contributed by atoms with Crippen LogP contribution in [0.4, 0.5) is 14.9 Å². The first-order valence-corrected chi connectivity index (χ1v) is 13.8. The van der Waals surface area contributed by atoms with E-state index in [4.69, 9.17) is 4.74 Å². The molecule has 8 heteroatoms. The first-order valence-electron chi connectivity index (χ1n) is 13.8. The molecule has 1 spiro atoms. The third kappa shape index (κ3) is 3.87. The normalized spacial score (nSPS) is 37.1. The fraction of sp³-hybridized carbons (Fsp3) is 0.714. The van der Waals surface area contributed by atoms with Crippen LogP contribution in [0.15, 0.2) is 18.2 Å². The Morgan fingerprint density at radius 3 is 2.69 bits per heavy atom. The lowest BCUT2D eigenvalue weighted by molar-refractivity contribution is -0.167. The van der Waals surface area contributed by atoms with Gasteiger partial charge in [-0.2, -0.15) is 0 Å². The summed E-state index contributed by atoms with van der Waals surface area (Å²) in [6, 6.07) is 4.54. The predicted octanol–water partition coefficient (Wildman–Crippen LogP) is 4.08. The number of hydrogen-bond donors (Lipinski definition) is 2. The standard InChI is InChI=1S/C28H38FN3O4/c1-2-8-30-26(35)36-21-4-5-23(22(29)13-21)31-9-3-6-27(17-31)7-10-32(25(27)34)28-14-18-11-19(15-28)24(33)20(12-18)16-28/h4-5,13,18-20,24,33H,2-3,6-12,14-17H2,1H3,(H,30,35). The highest BCUT2D eigenvalue weighted by molar-refractivity contribution is 5.87. The second-order valence-electron chi connectivity index (χ2n) is 12.1. The van der Waals surface area contributed by atoms with Crippen LogP contribution in [0.5, 0.6) is 5.75 Å². The quantitative estimate of drug-likeness (QED) is 0.638. The van der Waals surface area contributed by atoms with Crippen molar-refractivity contribution in [1.82, 2.24) is 10.2 Å². The molecule has 7 rings (SSSR count). The summed E-state index contributed by atoms with van der Waals surface area (Å²) in [7, 11) is 0. The molecule has 4 bridgehead atoms. The molecule has 36 heavy (non-hydrogen) atoms. The lowest BCUT2D eigenvalue weighted by Crippen LogP contribution is -2.65. The van der Waals surface area contributed by atoms with Crippen LogP contribution in [-0.2, 0) is 4.79 Å². The molecule has 2 amide bonds. The van der Waals surface area contributed by atoms with Gasteiger partial charge in [0.1, 0.15) is 11.6 Å². The molecule has 4 aliphatic carbocycles. The van der Waals surface area contributed by atoms with Crippen molar-refractivity contribution in [3.8, 4) is 5.75 Å². The van der Waals surface area contributed by atoms with Crippen LogP contribution in [0.25, 0.3) is 0 Å². The average Bonchev–Trinajstić information content (AvgIpc) is 3.16. The Hall–Kier alpha value is -2.35. The van der Waals surface area contributed by atoms with Crippen LogP contribution >= 0.6 is 0 Å². The zero-order chi connectivity index (χ0) is 25.1. The summed E-state index contributed by atoms with van der Waals surface area (Å²) in [4.78, 5) is 30.1. The minimum atomic E-state index is -0.588. The summed E-state index contributed by atoms with van der Waals surface area (Å²) in [5, 5.41) is 13.3. The van der Waals surface area contributed by atoms with Gasteiger partial charge in [-0.15, -0.1) is 0 Å². The van der Waals surface area contributed by atoms with Crippen molar-refractivity contribution >= 4 is 17.7 Å². The number of likely N-dealkylation sites (tertiary alicyclic amines) is 1. The Morgan fingerprint density at radius 2 is 1.97 bits per heavy atom. The summed E-state index contributed by atoms with van der Waals surface area (Å²) < 4.78 is 20.4. The molecule has 1 aromatic carbocycles. The lowest BCUT2D eigenvalue weighted by atomic mass is 9.51. The molecule has 2 saturated heterocycles. The summed E-state index contributed by atoms with van der Waals surface area (Å²) in [6.45, 7) is 4.45. The molecule has 4 saturated carbocycles. The topological polar surface area (TPSA) is 82.1 Å². The van der Waals surface area contributed by atoms with Crippen LogP contribution in [0, 0.1) is 29.0 Å². The zero-order valence-corrected chi connectivity index (χ0v) is 21.2. The second-order valence-corrected chi connectivity index (χ2v) is 12.1. The first kappa shape index (κ1) is 24.0. The highest BCUT2D eigenvalue weighted by Crippen LogP contribution is 2.59. The van der Waals surface area contributed by atoms with Crippen molar-refractivity contribution in [3.05, 3.63) is 24.0 Å². The van der Waals surface area contributed by atoms with Crippen molar-refractivity contribution in [2.45, 2.75) is 76.4 Å². The Bertz CT molecular complexity index is 1030. The van der Waals surface area contributed by atoms with Crippen LogP contribution in [0.3, 0.4) is 0 Å². The number of aliphatic hydroxyl groups is 1. The lowest BCUT2D eigenvalue weighted by Gasteiger charge is -2.61. The number of ether oxygens (including phenoxy) is 1. The number of aliphatic hydroxyl groups excluding tert-OH is 1. The van der Waals surface area contributed by atoms with Gasteiger partial charge in [0.2, 0.25) is 5.91 Å². The molecule has 7 nitrogen and oxygen atoms in total. The molecule has 196 valence electrons. The Morgan fingerprint density at radius 1 is 1.19 bits per heavy atom. The summed E-state index contributed by atoms with van der Waals surface area (Å²) in [5.74, 6) is 1.28. The number of carbonyl (C=O) groups is 2. The van der Waals surface area contributed by atoms with Gasteiger partial charge in [0, 0.05) is 37.8 Å². The maximum absolute atomic E-state index is 15.2. The highest BCUT2D eigenvalue weighted by Gasteiger charge is 2.62. The molecule has 0 aromatic heterocycles. The van der Waals surface area contributed by atoms with Crippen molar-refractivity contribution in [1.29, 1.82) is 0 Å². The van der Waals surface area contributed by atoms with Gasteiger partial charge in [0.15, 0.2) is 0 Å². The van der Waals surface area contributed by atoms with Gasteiger partial charge < -0.3 is 25.0 Å². The van der Waals surface area contributed by atoms with Crippen LogP contribution < -0.4 is 15.0 Å². The number of hydrogen-bond acceptors (Lipinski definition) is 5. The number of rotatable bonds is 5. The van der Waals surface area contributed by atoms with Gasteiger partial charge in [0.05, 0.1) is 17.2 Å². The molecule has 6 aliphatic rings. The number of benzene rings is 1. The van der Waals surface area contributed by atoms with E-state index in [1.807, 2.05) is 11.8 Å². The number of amides is 2. The number of anilines is 1. The number of nitrogens with one attached hydrogen (secondary N) is 1. The predicted molar refractivity (Wildman–Crippen MR) is 133 cm³/mol. The van der Waals surface area contributed by atoms with E-state index in [-0.39, 0.29) is 23.3 Å². The van der Waals surface area contributed by atoms with Gasteiger partial charge in [0.25, 0.3) is 0 Å². The Balaban J connectivity index is 1.17. The van der Waals surface area contributed by atoms with Crippen molar-refractivity contribution in [2.24, 2.45) is 23.2 Å².